The summed E-state index contributed by atoms with van der Waals surface area (Å²) >= 11 is 0. The summed E-state index contributed by atoms with van der Waals surface area (Å²) in [6.07, 6.45) is 3.09. The summed E-state index contributed by atoms with van der Waals surface area (Å²) in [5.74, 6) is 0.617. The van der Waals surface area contributed by atoms with E-state index in [4.69, 9.17) is 0 Å². The molecule has 108 valence electrons. The number of phenolic OH excluding ortho intramolecular Hbond substituents is 1. The van der Waals surface area contributed by atoms with Crippen LogP contribution in [0.15, 0.2) is 47.7 Å². The lowest BCUT2D eigenvalue weighted by Crippen LogP contribution is -2.20. The molecular weight excluding hydrogens is 282 g/mol. The maximum absolute atomic E-state index is 12.8. The predicted molar refractivity (Wildman–Crippen MR) is 80.3 cm³/mol. The summed E-state index contributed by atoms with van der Waals surface area (Å²) in [5.41, 5.74) is 1.75. The molecule has 0 amide bonds. The van der Waals surface area contributed by atoms with Gasteiger partial charge in [-0.15, -0.1) is 0 Å². The minimum atomic E-state index is -0.189. The highest BCUT2D eigenvalue weighted by molar-refractivity contribution is 5.82. The number of aromatic hydroxyl groups is 1. The van der Waals surface area contributed by atoms with Crippen molar-refractivity contribution in [2.75, 3.05) is 0 Å². The Morgan fingerprint density at radius 2 is 1.91 bits per heavy atom. The zero-order valence-electron chi connectivity index (χ0n) is 11.6. The standard InChI is InChI=1S/C15H11N5O2/c1-9-13-12(20-15(18-9)16-8-17-20)6-7-19(14(13)22)10-2-4-11(21)5-3-10/h2-8,21H,1H3. The van der Waals surface area contributed by atoms with Gasteiger partial charge in [0.15, 0.2) is 0 Å². The lowest BCUT2D eigenvalue weighted by molar-refractivity contribution is 0.475. The number of nitrogens with zero attached hydrogens (tertiary/aromatic N) is 5. The number of hydrogen-bond acceptors (Lipinski definition) is 5. The molecule has 0 aliphatic rings. The Morgan fingerprint density at radius 3 is 2.68 bits per heavy atom. The molecule has 0 atom stereocenters. The fourth-order valence-corrected chi connectivity index (χ4v) is 2.55. The molecule has 0 bridgehead atoms. The molecule has 1 N–H and O–H groups in total. The summed E-state index contributed by atoms with van der Waals surface area (Å²) < 4.78 is 3.06. The molecule has 1 aromatic carbocycles. The predicted octanol–water partition coefficient (Wildman–Crippen LogP) is 1.44. The van der Waals surface area contributed by atoms with Gasteiger partial charge >= 0.3 is 0 Å². The van der Waals surface area contributed by atoms with Crippen molar-refractivity contribution in [3.63, 3.8) is 0 Å². The van der Waals surface area contributed by atoms with Crippen LogP contribution in [0.25, 0.3) is 22.4 Å². The van der Waals surface area contributed by atoms with Gasteiger partial charge in [0.05, 0.1) is 16.6 Å². The minimum Gasteiger partial charge on any atom is -0.508 e. The van der Waals surface area contributed by atoms with Crippen molar-refractivity contribution < 1.29 is 5.11 Å². The van der Waals surface area contributed by atoms with E-state index in [1.807, 2.05) is 0 Å². The molecule has 4 aromatic rings. The van der Waals surface area contributed by atoms with Gasteiger partial charge in [0.2, 0.25) is 0 Å². The largest absolute Gasteiger partial charge is 0.508 e. The van der Waals surface area contributed by atoms with E-state index in [-0.39, 0.29) is 11.3 Å². The molecule has 3 aromatic heterocycles. The molecule has 0 saturated carbocycles. The van der Waals surface area contributed by atoms with Gasteiger partial charge in [0.1, 0.15) is 12.1 Å². The van der Waals surface area contributed by atoms with Crippen molar-refractivity contribution in [2.45, 2.75) is 6.92 Å². The highest BCUT2D eigenvalue weighted by Crippen LogP contribution is 2.17. The Hall–Kier alpha value is -3.22. The van der Waals surface area contributed by atoms with E-state index >= 15 is 0 Å². The normalized spacial score (nSPS) is 11.3. The second-order valence-electron chi connectivity index (χ2n) is 4.94. The van der Waals surface area contributed by atoms with Crippen molar-refractivity contribution in [1.29, 1.82) is 0 Å². The van der Waals surface area contributed by atoms with Crippen LogP contribution in [0.1, 0.15) is 5.69 Å². The van der Waals surface area contributed by atoms with Crippen molar-refractivity contribution >= 4 is 16.7 Å². The van der Waals surface area contributed by atoms with Crippen LogP contribution in [0.3, 0.4) is 0 Å². The smallest absolute Gasteiger partial charge is 0.266 e. The van der Waals surface area contributed by atoms with Crippen LogP contribution in [0.5, 0.6) is 5.75 Å². The third-order valence-corrected chi connectivity index (χ3v) is 3.59. The molecule has 7 heteroatoms. The molecule has 0 fully saturated rings. The fourth-order valence-electron chi connectivity index (χ4n) is 2.55. The quantitative estimate of drug-likeness (QED) is 0.574. The molecule has 22 heavy (non-hydrogen) atoms. The van der Waals surface area contributed by atoms with Gasteiger partial charge in [-0.3, -0.25) is 9.36 Å². The molecule has 0 aliphatic carbocycles. The van der Waals surface area contributed by atoms with E-state index in [1.54, 1.807) is 35.8 Å². The lowest BCUT2D eigenvalue weighted by atomic mass is 10.2. The SMILES string of the molecule is Cc1nc2ncnn2c2ccn(-c3ccc(O)cc3)c(=O)c12. The van der Waals surface area contributed by atoms with Gasteiger partial charge in [0, 0.05) is 11.9 Å². The Labute approximate surface area is 124 Å². The number of benzene rings is 1. The van der Waals surface area contributed by atoms with Gasteiger partial charge in [-0.25, -0.2) is 4.98 Å². The summed E-state index contributed by atoms with van der Waals surface area (Å²) in [7, 11) is 0. The Bertz CT molecular complexity index is 1060. The summed E-state index contributed by atoms with van der Waals surface area (Å²) in [6.45, 7) is 1.78. The van der Waals surface area contributed by atoms with Crippen molar-refractivity contribution in [3.05, 3.63) is 58.9 Å². The van der Waals surface area contributed by atoms with E-state index in [1.165, 1.54) is 23.0 Å². The van der Waals surface area contributed by atoms with Crippen molar-refractivity contribution in [1.82, 2.24) is 24.1 Å². The van der Waals surface area contributed by atoms with Crippen LogP contribution in [-0.2, 0) is 0 Å². The molecule has 3 heterocycles. The van der Waals surface area contributed by atoms with E-state index in [2.05, 4.69) is 15.1 Å². The average Bonchev–Trinajstić information content (AvgIpc) is 2.97. The molecule has 0 saturated heterocycles. The Morgan fingerprint density at radius 1 is 1.14 bits per heavy atom. The van der Waals surface area contributed by atoms with Crippen LogP contribution < -0.4 is 5.56 Å². The van der Waals surface area contributed by atoms with Crippen molar-refractivity contribution in [2.24, 2.45) is 0 Å². The van der Waals surface area contributed by atoms with Gasteiger partial charge in [-0.2, -0.15) is 14.6 Å². The van der Waals surface area contributed by atoms with E-state index in [0.29, 0.717) is 28.1 Å². The molecule has 0 radical (unpaired) electrons. The van der Waals surface area contributed by atoms with Crippen LogP contribution in [0, 0.1) is 6.92 Å². The van der Waals surface area contributed by atoms with Gasteiger partial charge in [-0.05, 0) is 37.3 Å². The second-order valence-corrected chi connectivity index (χ2v) is 4.94. The zero-order chi connectivity index (χ0) is 15.3. The molecular formula is C15H11N5O2. The highest BCUT2D eigenvalue weighted by atomic mass is 16.3. The topological polar surface area (TPSA) is 85.3 Å². The van der Waals surface area contributed by atoms with Crippen LogP contribution in [0.2, 0.25) is 0 Å². The number of phenols is 1. The first-order valence-corrected chi connectivity index (χ1v) is 6.66. The number of rotatable bonds is 1. The Kier molecular flexibility index (Phi) is 2.50. The first kappa shape index (κ1) is 12.5. The van der Waals surface area contributed by atoms with E-state index < -0.39 is 0 Å². The number of pyridine rings is 1. The third-order valence-electron chi connectivity index (χ3n) is 3.59. The molecule has 7 nitrogen and oxygen atoms in total. The molecule has 0 unspecified atom stereocenters. The van der Waals surface area contributed by atoms with E-state index in [0.717, 1.165) is 0 Å². The van der Waals surface area contributed by atoms with Gasteiger partial charge < -0.3 is 5.11 Å². The average molecular weight is 293 g/mol. The van der Waals surface area contributed by atoms with Crippen LogP contribution >= 0.6 is 0 Å². The summed E-state index contributed by atoms with van der Waals surface area (Å²) in [5, 5.41) is 14.0. The first-order valence-electron chi connectivity index (χ1n) is 6.66. The Balaban J connectivity index is 2.09. The lowest BCUT2D eigenvalue weighted by Gasteiger charge is -2.09. The van der Waals surface area contributed by atoms with Crippen LogP contribution in [-0.4, -0.2) is 29.3 Å². The third kappa shape index (κ3) is 1.69. The summed E-state index contributed by atoms with van der Waals surface area (Å²) in [4.78, 5) is 21.2. The van der Waals surface area contributed by atoms with Gasteiger partial charge in [0.25, 0.3) is 11.3 Å². The van der Waals surface area contributed by atoms with E-state index in [9.17, 15) is 9.90 Å². The number of aryl methyl sites for hydroxylation is 1. The number of aromatic nitrogens is 5. The monoisotopic (exact) mass is 293 g/mol. The minimum absolute atomic E-state index is 0.153. The second kappa shape index (κ2) is 4.39. The fraction of sp³-hybridized carbons (Fsp3) is 0.0667. The van der Waals surface area contributed by atoms with Crippen LogP contribution in [0.4, 0.5) is 0 Å². The molecule has 4 rings (SSSR count). The summed E-state index contributed by atoms with van der Waals surface area (Å²) in [6, 6.07) is 8.24. The first-order chi connectivity index (χ1) is 10.6. The number of hydrogen-bond donors (Lipinski definition) is 1. The maximum atomic E-state index is 12.8. The molecule has 0 aliphatic heterocycles. The highest BCUT2D eigenvalue weighted by Gasteiger charge is 2.12. The maximum Gasteiger partial charge on any atom is 0.266 e. The number of fused-ring (bicyclic) bond motifs is 3. The molecule has 0 spiro atoms. The zero-order valence-corrected chi connectivity index (χ0v) is 11.6. The van der Waals surface area contributed by atoms with Gasteiger partial charge in [-0.1, -0.05) is 0 Å². The van der Waals surface area contributed by atoms with Crippen molar-refractivity contribution in [3.8, 4) is 11.4 Å².